The van der Waals surface area contributed by atoms with Gasteiger partial charge in [0.05, 0.1) is 0 Å². The molecule has 0 unspecified atom stereocenters. The second-order valence-corrected chi connectivity index (χ2v) is 7.29. The normalized spacial score (nSPS) is 11.8. The number of carbonyl (C=O) groups is 2. The molecule has 0 fully saturated rings. The summed E-state index contributed by atoms with van der Waals surface area (Å²) in [7, 11) is 0. The number of imide groups is 1. The van der Waals surface area contributed by atoms with Gasteiger partial charge in [-0.1, -0.05) is 0 Å². The molecule has 1 aromatic heterocycles. The number of hydrogen-bond acceptors (Lipinski definition) is 6. The number of thiol groups is 1. The summed E-state index contributed by atoms with van der Waals surface area (Å²) < 4.78 is 10.6. The summed E-state index contributed by atoms with van der Waals surface area (Å²) in [5.41, 5.74) is -0.688. The smallest absolute Gasteiger partial charge is 0.425 e. The summed E-state index contributed by atoms with van der Waals surface area (Å²) >= 11 is 4.19. The Hall–Kier alpha value is -1.76. The summed E-state index contributed by atoms with van der Waals surface area (Å²) in [5, 5.41) is 0. The van der Waals surface area contributed by atoms with E-state index in [-0.39, 0.29) is 5.82 Å². The maximum absolute atomic E-state index is 12.4. The first-order valence-electron chi connectivity index (χ1n) is 7.25. The Bertz CT molecular complexity index is 548. The van der Waals surface area contributed by atoms with Crippen molar-refractivity contribution in [1.29, 1.82) is 0 Å². The molecule has 0 aliphatic carbocycles. The molecule has 0 aliphatic heterocycles. The van der Waals surface area contributed by atoms with Gasteiger partial charge in [0.15, 0.2) is 0 Å². The number of rotatable bonds is 2. The molecule has 1 aromatic rings. The highest BCUT2D eigenvalue weighted by atomic mass is 32.1. The predicted octanol–water partition coefficient (Wildman–Crippen LogP) is 4.19. The quantitative estimate of drug-likeness (QED) is 0.818. The molecule has 6 nitrogen and oxygen atoms in total. The van der Waals surface area contributed by atoms with Crippen molar-refractivity contribution >= 4 is 30.6 Å². The van der Waals surface area contributed by atoms with Gasteiger partial charge < -0.3 is 9.47 Å². The second-order valence-electron chi connectivity index (χ2n) is 6.98. The minimum absolute atomic E-state index is 0.139. The maximum atomic E-state index is 12.4. The monoisotopic (exact) mass is 340 g/mol. The molecule has 128 valence electrons. The van der Waals surface area contributed by atoms with Crippen LogP contribution in [-0.4, -0.2) is 28.4 Å². The lowest BCUT2D eigenvalue weighted by Crippen LogP contribution is -2.44. The Kier molecular flexibility index (Phi) is 6.04. The third-order valence-corrected chi connectivity index (χ3v) is 2.74. The van der Waals surface area contributed by atoms with Gasteiger partial charge in [-0.15, -0.1) is 0 Å². The van der Waals surface area contributed by atoms with E-state index in [1.807, 2.05) is 0 Å². The first kappa shape index (κ1) is 19.3. The van der Waals surface area contributed by atoms with Crippen LogP contribution in [-0.2, 0) is 15.2 Å². The molecule has 0 bridgehead atoms. The molecule has 7 heteroatoms. The first-order valence-corrected chi connectivity index (χ1v) is 7.88. The molecule has 0 spiro atoms. The number of amides is 2. The molecule has 0 aliphatic rings. The van der Waals surface area contributed by atoms with E-state index in [1.165, 1.54) is 6.20 Å². The molecule has 1 rings (SSSR count). The molecule has 0 saturated carbocycles. The Morgan fingerprint density at radius 1 is 1.09 bits per heavy atom. The summed E-state index contributed by atoms with van der Waals surface area (Å²) in [6.45, 7) is 10.3. The van der Waals surface area contributed by atoms with E-state index in [9.17, 15) is 9.59 Å². The van der Waals surface area contributed by atoms with Gasteiger partial charge in [0, 0.05) is 11.9 Å². The van der Waals surface area contributed by atoms with Crippen molar-refractivity contribution in [2.45, 2.75) is 58.5 Å². The van der Waals surface area contributed by atoms with Crippen molar-refractivity contribution in [2.24, 2.45) is 0 Å². The van der Waals surface area contributed by atoms with Gasteiger partial charge in [-0.2, -0.15) is 17.5 Å². The zero-order valence-corrected chi connectivity index (χ0v) is 15.3. The molecule has 23 heavy (non-hydrogen) atoms. The summed E-state index contributed by atoms with van der Waals surface area (Å²) in [5.74, 6) is 0.589. The van der Waals surface area contributed by atoms with Crippen LogP contribution >= 0.6 is 12.6 Å². The lowest BCUT2D eigenvalue weighted by Gasteiger charge is -2.28. The minimum Gasteiger partial charge on any atom is -0.443 e. The largest absolute Gasteiger partial charge is 0.443 e. The average Bonchev–Trinajstić information content (AvgIpc) is 2.34. The third-order valence-electron chi connectivity index (χ3n) is 2.37. The van der Waals surface area contributed by atoms with Crippen LogP contribution in [0.2, 0.25) is 0 Å². The second kappa shape index (κ2) is 7.21. The number of ether oxygens (including phenoxy) is 2. The summed E-state index contributed by atoms with van der Waals surface area (Å²) in [6, 6.07) is 3.35. The fraction of sp³-hybridized carbons (Fsp3) is 0.562. The van der Waals surface area contributed by atoms with Gasteiger partial charge in [0.25, 0.3) is 0 Å². The minimum atomic E-state index is -0.837. The number of pyridine rings is 1. The van der Waals surface area contributed by atoms with E-state index in [1.54, 1.807) is 53.7 Å². The van der Waals surface area contributed by atoms with E-state index in [4.69, 9.17) is 9.47 Å². The first-order chi connectivity index (χ1) is 10.4. The van der Waals surface area contributed by atoms with Gasteiger partial charge in [-0.25, -0.2) is 14.6 Å². The van der Waals surface area contributed by atoms with Crippen LogP contribution in [0.25, 0.3) is 0 Å². The fourth-order valence-corrected chi connectivity index (χ4v) is 1.75. The molecule has 0 N–H and O–H groups in total. The number of aromatic nitrogens is 1. The third kappa shape index (κ3) is 6.48. The highest BCUT2D eigenvalue weighted by molar-refractivity contribution is 7.79. The lowest BCUT2D eigenvalue weighted by atomic mass is 10.2. The van der Waals surface area contributed by atoms with Crippen LogP contribution in [0.5, 0.6) is 0 Å². The van der Waals surface area contributed by atoms with E-state index in [0.29, 0.717) is 5.75 Å². The summed E-state index contributed by atoms with van der Waals surface area (Å²) in [6.07, 6.45) is -0.172. The van der Waals surface area contributed by atoms with Gasteiger partial charge in [-0.05, 0) is 59.2 Å². The Morgan fingerprint density at radius 3 is 1.96 bits per heavy atom. The van der Waals surface area contributed by atoms with Gasteiger partial charge in [-0.3, -0.25) is 0 Å². The highest BCUT2D eigenvalue weighted by Crippen LogP contribution is 2.21. The SMILES string of the molecule is CC(C)(C)OC(=O)N(C(=O)OC(C)(C)C)c1cc(CS)ccn1. The maximum Gasteiger partial charge on any atom is 0.425 e. The van der Waals surface area contributed by atoms with Crippen LogP contribution in [0, 0.1) is 0 Å². The lowest BCUT2D eigenvalue weighted by molar-refractivity contribution is 0.0429. The van der Waals surface area contributed by atoms with E-state index in [0.717, 1.165) is 10.5 Å². The Balaban J connectivity index is 3.19. The zero-order valence-electron chi connectivity index (χ0n) is 14.4. The van der Waals surface area contributed by atoms with Gasteiger partial charge in [0.2, 0.25) is 0 Å². The molecular weight excluding hydrogens is 316 g/mol. The molecule has 0 saturated heterocycles. The molecule has 2 amide bonds. The van der Waals surface area contributed by atoms with Crippen LogP contribution in [0.3, 0.4) is 0 Å². The topological polar surface area (TPSA) is 68.7 Å². The zero-order chi connectivity index (χ0) is 17.8. The predicted molar refractivity (Wildman–Crippen MR) is 91.9 cm³/mol. The van der Waals surface area contributed by atoms with Crippen molar-refractivity contribution in [3.05, 3.63) is 23.9 Å². The Morgan fingerprint density at radius 2 is 1.57 bits per heavy atom. The fourth-order valence-electron chi connectivity index (χ4n) is 1.56. The van der Waals surface area contributed by atoms with Crippen LogP contribution < -0.4 is 4.90 Å². The molecular formula is C16H24N2O4S. The number of hydrogen-bond donors (Lipinski definition) is 1. The van der Waals surface area contributed by atoms with Crippen LogP contribution in [0.4, 0.5) is 15.4 Å². The van der Waals surface area contributed by atoms with Gasteiger partial charge in [0.1, 0.15) is 17.0 Å². The molecule has 0 radical (unpaired) electrons. The standard InChI is InChI=1S/C16H24N2O4S/c1-15(2,3)21-13(19)18(14(20)22-16(4,5)6)12-9-11(10-23)7-8-17-12/h7-9,23H,10H2,1-6H3. The van der Waals surface area contributed by atoms with Crippen molar-refractivity contribution in [2.75, 3.05) is 4.90 Å². The Labute approximate surface area is 142 Å². The van der Waals surface area contributed by atoms with Gasteiger partial charge >= 0.3 is 12.2 Å². The number of carbonyl (C=O) groups excluding carboxylic acids is 2. The molecule has 0 aromatic carbocycles. The van der Waals surface area contributed by atoms with Crippen molar-refractivity contribution in [3.63, 3.8) is 0 Å². The summed E-state index contributed by atoms with van der Waals surface area (Å²) in [4.78, 5) is 29.7. The molecule has 0 atom stereocenters. The highest BCUT2D eigenvalue weighted by Gasteiger charge is 2.33. The van der Waals surface area contributed by atoms with Crippen molar-refractivity contribution in [1.82, 2.24) is 4.98 Å². The van der Waals surface area contributed by atoms with Crippen molar-refractivity contribution in [3.8, 4) is 0 Å². The van der Waals surface area contributed by atoms with E-state index < -0.39 is 23.4 Å². The van der Waals surface area contributed by atoms with E-state index >= 15 is 0 Å². The van der Waals surface area contributed by atoms with Crippen molar-refractivity contribution < 1.29 is 19.1 Å². The molecule has 1 heterocycles. The van der Waals surface area contributed by atoms with Crippen LogP contribution in [0.15, 0.2) is 18.3 Å². The number of anilines is 1. The van der Waals surface area contributed by atoms with E-state index in [2.05, 4.69) is 17.6 Å². The number of nitrogens with zero attached hydrogens (tertiary/aromatic N) is 2. The average molecular weight is 340 g/mol. The van der Waals surface area contributed by atoms with Crippen LogP contribution in [0.1, 0.15) is 47.1 Å².